The number of halogens is 1. The molecule has 3 aromatic carbocycles. The minimum absolute atomic E-state index is 0.0209. The summed E-state index contributed by atoms with van der Waals surface area (Å²) in [4.78, 5) is 35.2. The number of nitrogens with zero attached hydrogens (tertiary/aromatic N) is 6. The number of aryl methyl sites for hydroxylation is 2. The van der Waals surface area contributed by atoms with Gasteiger partial charge < -0.3 is 31.5 Å². The summed E-state index contributed by atoms with van der Waals surface area (Å²) in [5.41, 5.74) is 7.60. The Kier molecular flexibility index (Phi) is 12.7. The van der Waals surface area contributed by atoms with Gasteiger partial charge in [-0.25, -0.2) is 19.0 Å². The summed E-state index contributed by atoms with van der Waals surface area (Å²) in [5, 5.41) is 43.2. The van der Waals surface area contributed by atoms with Gasteiger partial charge in [0.05, 0.1) is 46.4 Å². The Labute approximate surface area is 381 Å². The fourth-order valence-electron chi connectivity index (χ4n) is 6.96. The molecule has 4 heterocycles. The summed E-state index contributed by atoms with van der Waals surface area (Å²) < 4.78 is 3.50. The van der Waals surface area contributed by atoms with E-state index in [0.29, 0.717) is 58.4 Å². The van der Waals surface area contributed by atoms with Crippen LogP contribution in [0.25, 0.3) is 33.8 Å². The molecular formula is C48H53ClN10O4S. The average Bonchev–Trinajstić information content (AvgIpc) is 4.15. The number of rotatable bonds is 14. The van der Waals surface area contributed by atoms with E-state index in [4.69, 9.17) is 16.7 Å². The topological polar surface area (TPSA) is 183 Å². The van der Waals surface area contributed by atoms with E-state index >= 15 is 0 Å². The third-order valence-electron chi connectivity index (χ3n) is 10.6. The molecule has 0 saturated heterocycles. The Morgan fingerprint density at radius 1 is 0.688 bits per heavy atom. The first-order valence-electron chi connectivity index (χ1n) is 21.4. The van der Waals surface area contributed by atoms with Crippen molar-refractivity contribution >= 4 is 57.8 Å². The molecule has 2 amide bonds. The molecule has 9 rings (SSSR count). The quantitative estimate of drug-likeness (QED) is 0.0617. The minimum atomic E-state index is -0.879. The van der Waals surface area contributed by atoms with E-state index in [1.54, 1.807) is 62.4 Å². The van der Waals surface area contributed by atoms with Crippen LogP contribution in [-0.2, 0) is 0 Å². The summed E-state index contributed by atoms with van der Waals surface area (Å²) in [5.74, 6) is -0.0542. The normalized spacial score (nSPS) is 14.0. The van der Waals surface area contributed by atoms with Crippen molar-refractivity contribution in [1.82, 2.24) is 39.8 Å². The van der Waals surface area contributed by atoms with Gasteiger partial charge in [0.25, 0.3) is 11.8 Å². The first kappa shape index (κ1) is 44.6. The van der Waals surface area contributed by atoms with E-state index in [-0.39, 0.29) is 11.8 Å². The molecule has 0 unspecified atom stereocenters. The maximum absolute atomic E-state index is 12.6. The second kappa shape index (κ2) is 18.2. The highest BCUT2D eigenvalue weighted by Gasteiger charge is 2.26. The predicted octanol–water partition coefficient (Wildman–Crippen LogP) is 8.36. The first-order chi connectivity index (χ1) is 30.5. The van der Waals surface area contributed by atoms with Gasteiger partial charge in [-0.2, -0.15) is 10.2 Å². The van der Waals surface area contributed by atoms with Gasteiger partial charge in [0.1, 0.15) is 5.03 Å². The van der Waals surface area contributed by atoms with E-state index in [1.807, 2.05) is 91.2 Å². The van der Waals surface area contributed by atoms with Gasteiger partial charge >= 0.3 is 0 Å². The van der Waals surface area contributed by atoms with Crippen molar-refractivity contribution < 1.29 is 19.8 Å². The molecule has 2 aliphatic carbocycles. The number of imidazole rings is 2. The Balaban J connectivity index is 0.000000178. The number of anilines is 2. The Bertz CT molecular complexity index is 2840. The van der Waals surface area contributed by atoms with E-state index < -0.39 is 11.2 Å². The molecule has 2 fully saturated rings. The number of fused-ring (bicyclic) bond motifs is 2. The monoisotopic (exact) mass is 900 g/mol. The molecule has 4 aromatic heterocycles. The van der Waals surface area contributed by atoms with Crippen LogP contribution in [0.2, 0.25) is 5.15 Å². The van der Waals surface area contributed by atoms with Crippen LogP contribution in [0.3, 0.4) is 0 Å². The molecule has 0 atom stereocenters. The number of amides is 2. The van der Waals surface area contributed by atoms with Gasteiger partial charge in [0.15, 0.2) is 16.4 Å². The van der Waals surface area contributed by atoms with Crippen molar-refractivity contribution in [3.63, 3.8) is 0 Å². The predicted molar refractivity (Wildman–Crippen MR) is 252 cm³/mol. The zero-order valence-corrected chi connectivity index (χ0v) is 38.3. The maximum Gasteiger partial charge on any atom is 0.251 e. The number of hydrogen-bond acceptors (Lipinski definition) is 11. The molecule has 6 N–H and O–H groups in total. The SMILES string of the molecule is Cc1cc(-c2cnc3c(NCC(C)(C)O)cc(Cl)nn23)ccc1C(=O)NC1CC1.Cc1cc(-c2cnc3c(NCC(C)(C)O)cc(Sc4ccccc4)nn23)ccc1C(=O)NC1CC1. The number of nitrogens with one attached hydrogen (secondary N) is 4. The van der Waals surface area contributed by atoms with Crippen molar-refractivity contribution in [3.05, 3.63) is 119 Å². The molecule has 0 aliphatic heterocycles. The number of aromatic nitrogens is 6. The molecule has 2 aliphatic rings. The number of carbonyl (C=O) groups is 2. The highest BCUT2D eigenvalue weighted by Crippen LogP contribution is 2.33. The highest BCUT2D eigenvalue weighted by atomic mass is 35.5. The molecule has 16 heteroatoms. The third kappa shape index (κ3) is 11.0. The molecule has 64 heavy (non-hydrogen) atoms. The summed E-state index contributed by atoms with van der Waals surface area (Å²) >= 11 is 7.79. The van der Waals surface area contributed by atoms with Crippen LogP contribution >= 0.6 is 23.4 Å². The van der Waals surface area contributed by atoms with E-state index in [9.17, 15) is 19.8 Å². The average molecular weight is 902 g/mol. The molecule has 7 aromatic rings. The van der Waals surface area contributed by atoms with Gasteiger partial charge in [-0.1, -0.05) is 53.7 Å². The van der Waals surface area contributed by atoms with Crippen LogP contribution in [0.5, 0.6) is 0 Å². The molecule has 2 saturated carbocycles. The fourth-order valence-corrected chi connectivity index (χ4v) is 7.98. The van der Waals surface area contributed by atoms with Gasteiger partial charge in [-0.15, -0.1) is 0 Å². The summed E-state index contributed by atoms with van der Waals surface area (Å²) in [6.07, 6.45) is 7.76. The zero-order valence-electron chi connectivity index (χ0n) is 36.7. The number of hydrogen-bond donors (Lipinski definition) is 6. The van der Waals surface area contributed by atoms with E-state index in [0.717, 1.165) is 74.9 Å². The van der Waals surface area contributed by atoms with Crippen LogP contribution in [-0.4, -0.2) is 87.6 Å². The Morgan fingerprint density at radius 2 is 1.16 bits per heavy atom. The molecule has 0 radical (unpaired) electrons. The zero-order chi connectivity index (χ0) is 45.3. The number of aliphatic hydroxyl groups is 2. The minimum Gasteiger partial charge on any atom is -0.389 e. The Hall–Kier alpha value is -6.00. The number of carbonyl (C=O) groups excluding carboxylic acids is 2. The lowest BCUT2D eigenvalue weighted by Crippen LogP contribution is -2.29. The van der Waals surface area contributed by atoms with Crippen molar-refractivity contribution in [3.8, 4) is 22.5 Å². The molecular weight excluding hydrogens is 848 g/mol. The van der Waals surface area contributed by atoms with Crippen LogP contribution < -0.4 is 21.3 Å². The molecule has 0 bridgehead atoms. The smallest absolute Gasteiger partial charge is 0.251 e. The van der Waals surface area contributed by atoms with Crippen LogP contribution in [0.15, 0.2) is 101 Å². The lowest BCUT2D eigenvalue weighted by Gasteiger charge is -2.19. The van der Waals surface area contributed by atoms with Gasteiger partial charge in [-0.05, 0) is 121 Å². The van der Waals surface area contributed by atoms with Gasteiger partial charge in [0.2, 0.25) is 0 Å². The van der Waals surface area contributed by atoms with Crippen molar-refractivity contribution in [2.75, 3.05) is 23.7 Å². The lowest BCUT2D eigenvalue weighted by atomic mass is 10.0. The summed E-state index contributed by atoms with van der Waals surface area (Å²) in [7, 11) is 0. The molecule has 14 nitrogen and oxygen atoms in total. The van der Waals surface area contributed by atoms with Crippen molar-refractivity contribution in [2.24, 2.45) is 0 Å². The van der Waals surface area contributed by atoms with Crippen molar-refractivity contribution in [2.45, 2.75) is 100 Å². The summed E-state index contributed by atoms with van der Waals surface area (Å²) in [6, 6.07) is 25.9. The maximum atomic E-state index is 12.6. The van der Waals surface area contributed by atoms with Crippen molar-refractivity contribution in [1.29, 1.82) is 0 Å². The van der Waals surface area contributed by atoms with Gasteiger partial charge in [0, 0.05) is 58.4 Å². The number of benzene rings is 3. The second-order valence-corrected chi connectivity index (χ2v) is 19.3. The van der Waals surface area contributed by atoms with E-state index in [1.165, 1.54) is 0 Å². The van der Waals surface area contributed by atoms with Crippen LogP contribution in [0, 0.1) is 13.8 Å². The van der Waals surface area contributed by atoms with Crippen LogP contribution in [0.1, 0.15) is 85.2 Å². The summed E-state index contributed by atoms with van der Waals surface area (Å²) in [6.45, 7) is 11.6. The van der Waals surface area contributed by atoms with E-state index in [2.05, 4.69) is 36.3 Å². The fraction of sp³-hybridized carbons (Fsp3) is 0.333. The van der Waals surface area contributed by atoms with Crippen LogP contribution in [0.4, 0.5) is 11.4 Å². The standard InChI is InChI=1S/C27H29N5O2S.C21H24ClN5O2/c1-17-13-18(9-12-21(17)26(33)30-19-10-11-19)23-15-28-25-22(29-16-27(2,3)34)14-24(31-32(23)25)35-20-7-5-4-6-8-20;1-12-8-13(4-7-15(12)20(28)25-14-5-6-14)17-10-23-19-16(24-11-21(2,3)29)9-18(22)26-27(17)19/h4-9,12-15,19,29,34H,10-11,16H2,1-3H3,(H,30,33);4,7-10,14,24,29H,5-6,11H2,1-3H3,(H,25,28). The highest BCUT2D eigenvalue weighted by molar-refractivity contribution is 7.99. The third-order valence-corrected chi connectivity index (χ3v) is 11.7. The van der Waals surface area contributed by atoms with Gasteiger partial charge in [-0.3, -0.25) is 9.59 Å². The molecule has 332 valence electrons. The second-order valence-electron chi connectivity index (χ2n) is 17.8. The lowest BCUT2D eigenvalue weighted by molar-refractivity contribution is 0.0939. The molecule has 0 spiro atoms. The largest absolute Gasteiger partial charge is 0.389 e. The first-order valence-corrected chi connectivity index (χ1v) is 22.6. The Morgan fingerprint density at radius 3 is 1.61 bits per heavy atom.